The van der Waals surface area contributed by atoms with Crippen LogP contribution in [-0.4, -0.2) is 52.2 Å². The molecule has 0 aliphatic carbocycles. The van der Waals surface area contributed by atoms with E-state index in [0.717, 1.165) is 6.20 Å². The van der Waals surface area contributed by atoms with Gasteiger partial charge >= 0.3 is 11.9 Å². The number of rotatable bonds is 9. The molecule has 9 heteroatoms. The van der Waals surface area contributed by atoms with Crippen molar-refractivity contribution in [2.75, 3.05) is 12.0 Å². The van der Waals surface area contributed by atoms with Gasteiger partial charge in [-0.1, -0.05) is 0 Å². The van der Waals surface area contributed by atoms with Gasteiger partial charge in [0.2, 0.25) is 0 Å². The van der Waals surface area contributed by atoms with Gasteiger partial charge in [0.05, 0.1) is 0 Å². The molecule has 8 nitrogen and oxygen atoms in total. The number of amides is 1. The Morgan fingerprint density at radius 2 is 1.95 bits per heavy atom. The Labute approximate surface area is 126 Å². The number of hydrogen-bond acceptors (Lipinski definition) is 6. The minimum absolute atomic E-state index is 0.222. The molecule has 1 amide bonds. The molecule has 0 aromatic rings. The molecule has 0 aromatic heterocycles. The van der Waals surface area contributed by atoms with Crippen molar-refractivity contribution in [2.24, 2.45) is 0 Å². The maximum Gasteiger partial charge on any atom is 0.326 e. The molecular weight excluding hydrogens is 298 g/mol. The lowest BCUT2D eigenvalue weighted by atomic mass is 10.2. The number of nitrogens with zero attached hydrogens (tertiary/aromatic N) is 1. The third-order valence-electron chi connectivity index (χ3n) is 2.43. The molecule has 21 heavy (non-hydrogen) atoms. The lowest BCUT2D eigenvalue weighted by Crippen LogP contribution is -2.42. The van der Waals surface area contributed by atoms with Gasteiger partial charge in [0.15, 0.2) is 0 Å². The largest absolute Gasteiger partial charge is 0.480 e. The Morgan fingerprint density at radius 3 is 2.38 bits per heavy atom. The standard InChI is InChI=1S/C12H17N3O5S/c1-7(11(17)18)14-6-8(5-13)10(16)15-9(12(19)20)3-4-21-2/h6-7,9,14H,3-4H2,1-2H3,(H,15,16)(H,17,18)(H,19,20)/b8-6-. The summed E-state index contributed by atoms with van der Waals surface area (Å²) < 4.78 is 0. The van der Waals surface area contributed by atoms with Crippen molar-refractivity contribution < 1.29 is 24.6 Å². The minimum atomic E-state index is -1.19. The molecule has 0 saturated heterocycles. The van der Waals surface area contributed by atoms with E-state index in [0.29, 0.717) is 5.75 Å². The van der Waals surface area contributed by atoms with Crippen LogP contribution in [0, 0.1) is 11.3 Å². The molecule has 0 aliphatic rings. The van der Waals surface area contributed by atoms with E-state index in [-0.39, 0.29) is 6.42 Å². The van der Waals surface area contributed by atoms with E-state index in [1.54, 1.807) is 12.3 Å². The normalized spacial score (nSPS) is 13.7. The van der Waals surface area contributed by atoms with E-state index in [1.807, 2.05) is 0 Å². The first kappa shape index (κ1) is 18.8. The van der Waals surface area contributed by atoms with Crippen LogP contribution in [0.5, 0.6) is 0 Å². The van der Waals surface area contributed by atoms with Crippen LogP contribution in [0.3, 0.4) is 0 Å². The Bertz CT molecular complexity index is 472. The highest BCUT2D eigenvalue weighted by Crippen LogP contribution is 2.02. The second kappa shape index (κ2) is 9.66. The zero-order valence-electron chi connectivity index (χ0n) is 11.6. The second-order valence-corrected chi connectivity index (χ2v) is 5.03. The number of hydrogen-bond donors (Lipinski definition) is 4. The molecule has 0 aromatic carbocycles. The van der Waals surface area contributed by atoms with Gasteiger partial charge in [-0.15, -0.1) is 0 Å². The minimum Gasteiger partial charge on any atom is -0.480 e. The van der Waals surface area contributed by atoms with E-state index in [9.17, 15) is 14.4 Å². The highest BCUT2D eigenvalue weighted by Gasteiger charge is 2.21. The van der Waals surface area contributed by atoms with Crippen molar-refractivity contribution in [2.45, 2.75) is 25.4 Å². The molecule has 0 aliphatic heterocycles. The molecule has 0 rings (SSSR count). The van der Waals surface area contributed by atoms with Gasteiger partial charge in [-0.05, 0) is 25.4 Å². The molecule has 0 heterocycles. The lowest BCUT2D eigenvalue weighted by Gasteiger charge is -2.13. The van der Waals surface area contributed by atoms with Gasteiger partial charge in [-0.25, -0.2) is 4.79 Å². The van der Waals surface area contributed by atoms with Crippen molar-refractivity contribution in [1.29, 1.82) is 5.26 Å². The predicted molar refractivity (Wildman–Crippen MR) is 76.5 cm³/mol. The van der Waals surface area contributed by atoms with Crippen molar-refractivity contribution in [3.63, 3.8) is 0 Å². The number of thioether (sulfide) groups is 1. The fraction of sp³-hybridized carbons (Fsp3) is 0.500. The van der Waals surface area contributed by atoms with Gasteiger partial charge in [0.1, 0.15) is 23.7 Å². The van der Waals surface area contributed by atoms with E-state index in [1.165, 1.54) is 18.7 Å². The molecule has 0 bridgehead atoms. The van der Waals surface area contributed by atoms with Crippen LogP contribution in [0.4, 0.5) is 0 Å². The summed E-state index contributed by atoms with van der Waals surface area (Å²) in [5.74, 6) is -2.66. The number of aliphatic carboxylic acids is 2. The second-order valence-electron chi connectivity index (χ2n) is 4.04. The van der Waals surface area contributed by atoms with Crippen LogP contribution < -0.4 is 10.6 Å². The highest BCUT2D eigenvalue weighted by molar-refractivity contribution is 7.98. The van der Waals surface area contributed by atoms with Gasteiger partial charge in [0.25, 0.3) is 5.91 Å². The summed E-state index contributed by atoms with van der Waals surface area (Å²) in [5.41, 5.74) is -0.390. The Hall–Kier alpha value is -2.21. The monoisotopic (exact) mass is 315 g/mol. The first-order chi connectivity index (χ1) is 9.83. The van der Waals surface area contributed by atoms with Gasteiger partial charge in [-0.3, -0.25) is 9.59 Å². The average Bonchev–Trinajstić information content (AvgIpc) is 2.43. The summed E-state index contributed by atoms with van der Waals surface area (Å²) in [6, 6.07) is -0.485. The van der Waals surface area contributed by atoms with E-state index in [4.69, 9.17) is 15.5 Å². The molecule has 0 saturated carbocycles. The van der Waals surface area contributed by atoms with Gasteiger partial charge < -0.3 is 20.8 Å². The summed E-state index contributed by atoms with van der Waals surface area (Å²) in [7, 11) is 0. The van der Waals surface area contributed by atoms with Crippen molar-refractivity contribution in [1.82, 2.24) is 10.6 Å². The average molecular weight is 315 g/mol. The number of nitriles is 1. The first-order valence-electron chi connectivity index (χ1n) is 5.95. The number of carboxylic acids is 2. The van der Waals surface area contributed by atoms with Gasteiger partial charge in [-0.2, -0.15) is 17.0 Å². The zero-order valence-corrected chi connectivity index (χ0v) is 12.4. The summed E-state index contributed by atoms with van der Waals surface area (Å²) >= 11 is 1.43. The summed E-state index contributed by atoms with van der Waals surface area (Å²) in [5, 5.41) is 31.1. The molecule has 2 unspecified atom stereocenters. The molecule has 2 atom stereocenters. The molecule has 116 valence electrons. The Balaban J connectivity index is 4.77. The van der Waals surface area contributed by atoms with E-state index < -0.39 is 35.5 Å². The van der Waals surface area contributed by atoms with Crippen LogP contribution in [0.25, 0.3) is 0 Å². The Kier molecular flexibility index (Phi) is 8.64. The molecule has 0 spiro atoms. The fourth-order valence-corrected chi connectivity index (χ4v) is 1.63. The van der Waals surface area contributed by atoms with Crippen LogP contribution in [-0.2, 0) is 14.4 Å². The predicted octanol–water partition coefficient (Wildman–Crippen LogP) is -0.221. The molecular formula is C12H17N3O5S. The molecule has 4 N–H and O–H groups in total. The first-order valence-corrected chi connectivity index (χ1v) is 7.34. The third kappa shape index (κ3) is 7.22. The summed E-state index contributed by atoms with van der Waals surface area (Å²) in [4.78, 5) is 33.4. The number of carboxylic acid groups (broad SMARTS) is 2. The molecule has 0 fully saturated rings. The summed E-state index contributed by atoms with van der Waals surface area (Å²) in [6.07, 6.45) is 2.99. The van der Waals surface area contributed by atoms with Crippen LogP contribution in [0.15, 0.2) is 11.8 Å². The van der Waals surface area contributed by atoms with E-state index >= 15 is 0 Å². The van der Waals surface area contributed by atoms with Crippen LogP contribution >= 0.6 is 11.8 Å². The van der Waals surface area contributed by atoms with Gasteiger partial charge in [0, 0.05) is 6.20 Å². The number of carbonyl (C=O) groups is 3. The zero-order chi connectivity index (χ0) is 16.4. The van der Waals surface area contributed by atoms with Crippen LogP contribution in [0.1, 0.15) is 13.3 Å². The Morgan fingerprint density at radius 1 is 1.33 bits per heavy atom. The maximum absolute atomic E-state index is 11.8. The SMILES string of the molecule is CSCCC(NC(=O)/C(C#N)=C\NC(C)C(=O)O)C(=O)O. The number of nitrogens with one attached hydrogen (secondary N) is 2. The number of carbonyl (C=O) groups excluding carboxylic acids is 1. The van der Waals surface area contributed by atoms with Crippen molar-refractivity contribution in [3.8, 4) is 6.07 Å². The molecule has 0 radical (unpaired) electrons. The smallest absolute Gasteiger partial charge is 0.326 e. The maximum atomic E-state index is 11.8. The topological polar surface area (TPSA) is 140 Å². The highest BCUT2D eigenvalue weighted by atomic mass is 32.2. The van der Waals surface area contributed by atoms with E-state index in [2.05, 4.69) is 10.6 Å². The summed E-state index contributed by atoms with van der Waals surface area (Å²) in [6.45, 7) is 1.34. The van der Waals surface area contributed by atoms with Crippen molar-refractivity contribution in [3.05, 3.63) is 11.8 Å². The lowest BCUT2D eigenvalue weighted by molar-refractivity contribution is -0.141. The quantitative estimate of drug-likeness (QED) is 0.338. The third-order valence-corrected chi connectivity index (χ3v) is 3.07. The fourth-order valence-electron chi connectivity index (χ4n) is 1.16. The van der Waals surface area contributed by atoms with Crippen molar-refractivity contribution >= 4 is 29.6 Å². The van der Waals surface area contributed by atoms with Crippen LogP contribution in [0.2, 0.25) is 0 Å².